The topological polar surface area (TPSA) is 79.3 Å². The van der Waals surface area contributed by atoms with E-state index in [9.17, 15) is 14.7 Å². The number of ether oxygens (including phenoxy) is 2. The lowest BCUT2D eigenvalue weighted by Gasteiger charge is -2.41. The van der Waals surface area contributed by atoms with Crippen molar-refractivity contribution >= 4 is 27.9 Å². The van der Waals surface area contributed by atoms with Crippen LogP contribution < -0.4 is 4.74 Å². The number of cyclic esters (lactones) is 1. The average Bonchev–Trinajstić information content (AvgIpc) is 3.13. The highest BCUT2D eigenvalue weighted by atomic mass is 79.9. The first-order valence-corrected chi connectivity index (χ1v) is 10.6. The van der Waals surface area contributed by atoms with Crippen LogP contribution in [0.15, 0.2) is 53.0 Å². The molecule has 8 heteroatoms. The number of carbonyl (C=O) groups is 2. The molecule has 4 rings (SSSR count). The molecule has 30 heavy (non-hydrogen) atoms. The molecule has 3 atom stereocenters. The van der Waals surface area contributed by atoms with Crippen molar-refractivity contribution in [2.75, 3.05) is 13.7 Å². The average molecular weight is 475 g/mol. The van der Waals surface area contributed by atoms with Crippen molar-refractivity contribution in [3.63, 3.8) is 0 Å². The number of likely N-dealkylation sites (tertiary alicyclic amines) is 1. The van der Waals surface area contributed by atoms with Gasteiger partial charge >= 0.3 is 6.09 Å². The van der Waals surface area contributed by atoms with Gasteiger partial charge < -0.3 is 19.5 Å². The Hall–Kier alpha value is -2.58. The third-order valence-corrected chi connectivity index (χ3v) is 6.10. The summed E-state index contributed by atoms with van der Waals surface area (Å²) in [6.45, 7) is 0.597. The molecule has 7 nitrogen and oxygen atoms in total. The molecule has 2 amide bonds. The van der Waals surface area contributed by atoms with Crippen LogP contribution >= 0.6 is 15.9 Å². The third kappa shape index (κ3) is 4.15. The van der Waals surface area contributed by atoms with Crippen LogP contribution in [0.3, 0.4) is 0 Å². The number of rotatable bonds is 5. The summed E-state index contributed by atoms with van der Waals surface area (Å²) >= 11 is 3.43. The number of benzene rings is 2. The highest BCUT2D eigenvalue weighted by Gasteiger charge is 2.44. The lowest BCUT2D eigenvalue weighted by molar-refractivity contribution is -0.154. The summed E-state index contributed by atoms with van der Waals surface area (Å²) in [5.74, 6) is 0.589. The predicted molar refractivity (Wildman–Crippen MR) is 113 cm³/mol. The van der Waals surface area contributed by atoms with Crippen LogP contribution in [0.4, 0.5) is 4.79 Å². The Morgan fingerprint density at radius 2 is 1.97 bits per heavy atom. The Bertz CT molecular complexity index is 935. The van der Waals surface area contributed by atoms with E-state index in [0.717, 1.165) is 21.3 Å². The number of aliphatic hydroxyl groups excluding tert-OH is 1. The Kier molecular flexibility index (Phi) is 5.97. The summed E-state index contributed by atoms with van der Waals surface area (Å²) in [5, 5.41) is 11.0. The molecule has 1 N–H and O–H groups in total. The van der Waals surface area contributed by atoms with Gasteiger partial charge in [-0.05, 0) is 41.8 Å². The van der Waals surface area contributed by atoms with Gasteiger partial charge in [0.05, 0.1) is 19.7 Å². The van der Waals surface area contributed by atoms with Crippen LogP contribution in [-0.2, 0) is 16.1 Å². The number of amides is 2. The molecule has 2 heterocycles. The fourth-order valence-electron chi connectivity index (χ4n) is 3.98. The van der Waals surface area contributed by atoms with Gasteiger partial charge in [-0.25, -0.2) is 4.79 Å². The fourth-order valence-corrected chi connectivity index (χ4v) is 4.39. The van der Waals surface area contributed by atoms with Crippen LogP contribution in [0.5, 0.6) is 5.75 Å². The van der Waals surface area contributed by atoms with Crippen LogP contribution in [0.2, 0.25) is 0 Å². The molecule has 0 saturated carbocycles. The maximum Gasteiger partial charge on any atom is 0.410 e. The van der Waals surface area contributed by atoms with Crippen LogP contribution in [0, 0.1) is 0 Å². The molecular formula is C22H23BrN2O5. The van der Waals surface area contributed by atoms with Gasteiger partial charge in [0.15, 0.2) is 0 Å². The van der Waals surface area contributed by atoms with Crippen LogP contribution in [-0.4, -0.2) is 52.8 Å². The molecule has 0 aliphatic carbocycles. The molecule has 158 valence electrons. The summed E-state index contributed by atoms with van der Waals surface area (Å²) in [6.07, 6.45) is -1.30. The quantitative estimate of drug-likeness (QED) is 0.717. The molecule has 0 spiro atoms. The maximum absolute atomic E-state index is 12.6. The van der Waals surface area contributed by atoms with Crippen molar-refractivity contribution in [1.29, 1.82) is 0 Å². The SMILES string of the molecule is COc1ccc(CN2C(=O)CC[C@H](N3C[C@H](c4cccc(Br)c4)OC3=O)C2O)cc1. The number of halogens is 1. The van der Waals surface area contributed by atoms with Gasteiger partial charge in [0.2, 0.25) is 5.91 Å². The highest BCUT2D eigenvalue weighted by Crippen LogP contribution is 2.33. The highest BCUT2D eigenvalue weighted by molar-refractivity contribution is 9.10. The van der Waals surface area contributed by atoms with Crippen LogP contribution in [0.1, 0.15) is 30.1 Å². The van der Waals surface area contributed by atoms with Crippen molar-refractivity contribution in [2.24, 2.45) is 0 Å². The van der Waals surface area contributed by atoms with Gasteiger partial charge in [0.1, 0.15) is 18.1 Å². The zero-order valence-corrected chi connectivity index (χ0v) is 18.1. The molecule has 1 unspecified atom stereocenters. The van der Waals surface area contributed by atoms with Gasteiger partial charge in [-0.2, -0.15) is 0 Å². The second kappa shape index (κ2) is 8.65. The summed E-state index contributed by atoms with van der Waals surface area (Å²) in [4.78, 5) is 28.0. The van der Waals surface area contributed by atoms with E-state index in [1.165, 1.54) is 4.90 Å². The van der Waals surface area contributed by atoms with E-state index in [0.29, 0.717) is 13.0 Å². The zero-order valence-electron chi connectivity index (χ0n) is 16.5. The van der Waals surface area contributed by atoms with E-state index >= 15 is 0 Å². The summed E-state index contributed by atoms with van der Waals surface area (Å²) in [7, 11) is 1.59. The van der Waals surface area contributed by atoms with Crippen LogP contribution in [0.25, 0.3) is 0 Å². The fraction of sp³-hybridized carbons (Fsp3) is 0.364. The monoisotopic (exact) mass is 474 g/mol. The summed E-state index contributed by atoms with van der Waals surface area (Å²) in [6, 6.07) is 14.5. The number of aliphatic hydroxyl groups is 1. The second-order valence-corrected chi connectivity index (χ2v) is 8.38. The minimum absolute atomic E-state index is 0.134. The van der Waals surface area contributed by atoms with Gasteiger partial charge in [-0.15, -0.1) is 0 Å². The number of hydrogen-bond acceptors (Lipinski definition) is 5. The molecule has 2 saturated heterocycles. The van der Waals surface area contributed by atoms with E-state index in [1.54, 1.807) is 12.0 Å². The van der Waals surface area contributed by atoms with E-state index in [-0.39, 0.29) is 18.9 Å². The minimum Gasteiger partial charge on any atom is -0.497 e. The second-order valence-electron chi connectivity index (χ2n) is 7.47. The van der Waals surface area contributed by atoms with Crippen molar-refractivity contribution in [3.8, 4) is 5.75 Å². The lowest BCUT2D eigenvalue weighted by atomic mass is 10.00. The Labute approximate surface area is 183 Å². The molecule has 0 radical (unpaired) electrons. The van der Waals surface area contributed by atoms with Crippen molar-refractivity contribution in [3.05, 3.63) is 64.1 Å². The number of methoxy groups -OCH3 is 1. The van der Waals surface area contributed by atoms with Gasteiger partial charge in [-0.3, -0.25) is 9.69 Å². The molecular weight excluding hydrogens is 452 g/mol. The Morgan fingerprint density at radius 1 is 1.20 bits per heavy atom. The first-order chi connectivity index (χ1) is 14.5. The third-order valence-electron chi connectivity index (χ3n) is 5.61. The molecule has 2 aliphatic heterocycles. The van der Waals surface area contributed by atoms with E-state index < -0.39 is 24.5 Å². The zero-order chi connectivity index (χ0) is 21.3. The van der Waals surface area contributed by atoms with Gasteiger partial charge in [-0.1, -0.05) is 40.2 Å². The largest absolute Gasteiger partial charge is 0.497 e. The summed E-state index contributed by atoms with van der Waals surface area (Å²) < 4.78 is 11.6. The first kappa shape index (κ1) is 20.7. The molecule has 2 aromatic rings. The summed E-state index contributed by atoms with van der Waals surface area (Å²) in [5.41, 5.74) is 1.76. The Balaban J connectivity index is 1.48. The smallest absolute Gasteiger partial charge is 0.410 e. The molecule has 2 aromatic carbocycles. The molecule has 2 fully saturated rings. The van der Waals surface area contributed by atoms with E-state index in [4.69, 9.17) is 9.47 Å². The van der Waals surface area contributed by atoms with Gasteiger partial charge in [0, 0.05) is 17.4 Å². The van der Waals surface area contributed by atoms with Crippen molar-refractivity contribution in [1.82, 2.24) is 9.80 Å². The molecule has 2 aliphatic rings. The van der Waals surface area contributed by atoms with E-state index in [2.05, 4.69) is 15.9 Å². The van der Waals surface area contributed by atoms with Crippen molar-refractivity contribution in [2.45, 2.75) is 37.8 Å². The Morgan fingerprint density at radius 3 is 2.67 bits per heavy atom. The number of nitrogens with zero attached hydrogens (tertiary/aromatic N) is 2. The number of carbonyl (C=O) groups excluding carboxylic acids is 2. The number of hydrogen-bond donors (Lipinski definition) is 1. The standard InChI is InChI=1S/C22H23BrN2O5/c1-29-17-7-5-14(6-8-17)12-25-20(26)10-9-18(21(25)27)24-13-19(30-22(24)28)15-3-2-4-16(23)11-15/h2-8,11,18-19,21,27H,9-10,12-13H2,1H3/t18-,19+,21?/m0/s1. The van der Waals surface area contributed by atoms with Crippen molar-refractivity contribution < 1.29 is 24.2 Å². The van der Waals surface area contributed by atoms with E-state index in [1.807, 2.05) is 48.5 Å². The predicted octanol–water partition coefficient (Wildman–Crippen LogP) is 3.46. The minimum atomic E-state index is -1.10. The molecule has 0 aromatic heterocycles. The van der Waals surface area contributed by atoms with Gasteiger partial charge in [0.25, 0.3) is 0 Å². The maximum atomic E-state index is 12.6. The number of piperidine rings is 1. The molecule has 0 bridgehead atoms. The normalized spacial score (nSPS) is 24.2. The first-order valence-electron chi connectivity index (χ1n) is 9.79. The lowest BCUT2D eigenvalue weighted by Crippen LogP contribution is -2.57.